The lowest BCUT2D eigenvalue weighted by molar-refractivity contribution is -0.138. The van der Waals surface area contributed by atoms with E-state index >= 15 is 0 Å². The van der Waals surface area contributed by atoms with Crippen LogP contribution in [-0.2, 0) is 4.79 Å². The molecule has 1 aromatic carbocycles. The van der Waals surface area contributed by atoms with Gasteiger partial charge in [-0.1, -0.05) is 6.07 Å². The number of furan rings is 1. The van der Waals surface area contributed by atoms with Crippen LogP contribution in [0.4, 0.5) is 5.69 Å². The quantitative estimate of drug-likeness (QED) is 0.862. The Morgan fingerprint density at radius 2 is 2.29 bits per heavy atom. The van der Waals surface area contributed by atoms with Crippen molar-refractivity contribution in [2.45, 2.75) is 18.9 Å². The highest BCUT2D eigenvalue weighted by Gasteiger charge is 2.31. The summed E-state index contributed by atoms with van der Waals surface area (Å²) in [5.74, 6) is -0.747. The van der Waals surface area contributed by atoms with E-state index in [4.69, 9.17) is 4.42 Å². The number of anilines is 1. The molecule has 0 amide bonds. The lowest BCUT2D eigenvalue weighted by Crippen LogP contribution is -2.35. The summed E-state index contributed by atoms with van der Waals surface area (Å²) >= 11 is 0. The van der Waals surface area contributed by atoms with Crippen LogP contribution in [0, 0.1) is 0 Å². The molecule has 17 heavy (non-hydrogen) atoms. The molecule has 1 aliphatic heterocycles. The minimum Gasteiger partial charge on any atom is -0.480 e. The Morgan fingerprint density at radius 1 is 1.41 bits per heavy atom. The molecule has 1 unspecified atom stereocenters. The van der Waals surface area contributed by atoms with Crippen LogP contribution in [0.5, 0.6) is 0 Å². The number of hydrogen-bond acceptors (Lipinski definition) is 3. The Morgan fingerprint density at radius 3 is 3.12 bits per heavy atom. The maximum atomic E-state index is 11.2. The van der Waals surface area contributed by atoms with Gasteiger partial charge in [-0.2, -0.15) is 0 Å². The van der Waals surface area contributed by atoms with Gasteiger partial charge in [0.15, 0.2) is 0 Å². The molecule has 2 aromatic rings. The van der Waals surface area contributed by atoms with E-state index in [-0.39, 0.29) is 0 Å². The Hall–Kier alpha value is -1.97. The Labute approximate surface area is 98.4 Å². The van der Waals surface area contributed by atoms with E-state index in [0.717, 1.165) is 29.6 Å². The summed E-state index contributed by atoms with van der Waals surface area (Å²) in [4.78, 5) is 13.2. The molecule has 0 radical (unpaired) electrons. The molecule has 1 atom stereocenters. The van der Waals surface area contributed by atoms with Crippen LogP contribution in [0.2, 0.25) is 0 Å². The van der Waals surface area contributed by atoms with Crippen LogP contribution in [-0.4, -0.2) is 23.7 Å². The van der Waals surface area contributed by atoms with E-state index in [1.165, 1.54) is 0 Å². The van der Waals surface area contributed by atoms with Crippen LogP contribution >= 0.6 is 0 Å². The molecule has 1 fully saturated rings. The number of hydrogen-bond donors (Lipinski definition) is 1. The summed E-state index contributed by atoms with van der Waals surface area (Å²) in [7, 11) is 0. The third-order valence-corrected chi connectivity index (χ3v) is 3.32. The molecule has 0 saturated carbocycles. The van der Waals surface area contributed by atoms with Gasteiger partial charge in [-0.15, -0.1) is 0 Å². The third kappa shape index (κ3) is 1.56. The maximum absolute atomic E-state index is 11.2. The van der Waals surface area contributed by atoms with Crippen LogP contribution in [0.1, 0.15) is 12.8 Å². The minimum atomic E-state index is -0.747. The second-order valence-corrected chi connectivity index (χ2v) is 4.30. The molecule has 0 aliphatic carbocycles. The fraction of sp³-hybridized carbons (Fsp3) is 0.308. The van der Waals surface area contributed by atoms with Crippen molar-refractivity contribution in [1.82, 2.24) is 0 Å². The largest absolute Gasteiger partial charge is 0.480 e. The van der Waals surface area contributed by atoms with E-state index in [1.807, 2.05) is 29.2 Å². The normalized spacial score (nSPS) is 20.0. The standard InChI is InChI=1S/C13H13NO3/c15-13(16)11-4-2-7-14(11)10-3-1-5-12-9(10)6-8-17-12/h1,3,5-6,8,11H,2,4,7H2,(H,15,16). The predicted molar refractivity (Wildman–Crippen MR) is 64.2 cm³/mol. The number of rotatable bonds is 2. The zero-order valence-corrected chi connectivity index (χ0v) is 9.30. The van der Waals surface area contributed by atoms with Crippen molar-refractivity contribution in [3.05, 3.63) is 30.5 Å². The summed E-state index contributed by atoms with van der Waals surface area (Å²) in [6, 6.07) is 7.24. The Bertz CT molecular complexity index is 561. The zero-order chi connectivity index (χ0) is 11.8. The van der Waals surface area contributed by atoms with Crippen molar-refractivity contribution in [1.29, 1.82) is 0 Å². The van der Waals surface area contributed by atoms with E-state index in [0.29, 0.717) is 6.42 Å². The highest BCUT2D eigenvalue weighted by atomic mass is 16.4. The number of fused-ring (bicyclic) bond motifs is 1. The van der Waals surface area contributed by atoms with Gasteiger partial charge in [0, 0.05) is 17.6 Å². The molecule has 1 N–H and O–H groups in total. The molecule has 2 heterocycles. The van der Waals surface area contributed by atoms with E-state index in [2.05, 4.69) is 0 Å². The average molecular weight is 231 g/mol. The van der Waals surface area contributed by atoms with Gasteiger partial charge in [0.2, 0.25) is 0 Å². The number of benzene rings is 1. The fourth-order valence-electron chi connectivity index (χ4n) is 2.54. The highest BCUT2D eigenvalue weighted by molar-refractivity contribution is 5.93. The number of carbonyl (C=O) groups is 1. The van der Waals surface area contributed by atoms with E-state index < -0.39 is 12.0 Å². The summed E-state index contributed by atoms with van der Waals surface area (Å²) in [6.07, 6.45) is 3.27. The van der Waals surface area contributed by atoms with Crippen molar-refractivity contribution in [2.75, 3.05) is 11.4 Å². The maximum Gasteiger partial charge on any atom is 0.326 e. The number of aliphatic carboxylic acids is 1. The van der Waals surface area contributed by atoms with Crippen molar-refractivity contribution in [3.8, 4) is 0 Å². The highest BCUT2D eigenvalue weighted by Crippen LogP contribution is 2.32. The first kappa shape index (κ1) is 10.2. The van der Waals surface area contributed by atoms with Crippen molar-refractivity contribution < 1.29 is 14.3 Å². The molecule has 0 bridgehead atoms. The van der Waals surface area contributed by atoms with Gasteiger partial charge in [0.05, 0.1) is 6.26 Å². The second kappa shape index (κ2) is 3.80. The Balaban J connectivity index is 2.08. The Kier molecular flexibility index (Phi) is 2.28. The van der Waals surface area contributed by atoms with Gasteiger partial charge in [-0.05, 0) is 31.0 Å². The van der Waals surface area contributed by atoms with Crippen LogP contribution in [0.25, 0.3) is 11.0 Å². The number of carboxylic acids is 1. The molecular weight excluding hydrogens is 218 g/mol. The van der Waals surface area contributed by atoms with Crippen LogP contribution < -0.4 is 4.90 Å². The summed E-state index contributed by atoms with van der Waals surface area (Å²) < 4.78 is 5.34. The number of nitrogens with zero attached hydrogens (tertiary/aromatic N) is 1. The lowest BCUT2D eigenvalue weighted by Gasteiger charge is -2.24. The van der Waals surface area contributed by atoms with Gasteiger partial charge in [0.1, 0.15) is 11.6 Å². The molecule has 4 heteroatoms. The molecule has 88 valence electrons. The summed E-state index contributed by atoms with van der Waals surface area (Å²) in [6.45, 7) is 0.793. The van der Waals surface area contributed by atoms with Gasteiger partial charge < -0.3 is 14.4 Å². The van der Waals surface area contributed by atoms with Crippen LogP contribution in [0.15, 0.2) is 34.9 Å². The van der Waals surface area contributed by atoms with Crippen molar-refractivity contribution in [2.24, 2.45) is 0 Å². The monoisotopic (exact) mass is 231 g/mol. The fourth-order valence-corrected chi connectivity index (χ4v) is 2.54. The molecular formula is C13H13NO3. The first-order valence-corrected chi connectivity index (χ1v) is 5.73. The van der Waals surface area contributed by atoms with Gasteiger partial charge >= 0.3 is 5.97 Å². The minimum absolute atomic E-state index is 0.407. The van der Waals surface area contributed by atoms with Crippen molar-refractivity contribution in [3.63, 3.8) is 0 Å². The first-order valence-electron chi connectivity index (χ1n) is 5.73. The molecule has 3 rings (SSSR count). The molecule has 1 saturated heterocycles. The molecule has 4 nitrogen and oxygen atoms in total. The average Bonchev–Trinajstić information content (AvgIpc) is 2.97. The number of carboxylic acid groups (broad SMARTS) is 1. The summed E-state index contributed by atoms with van der Waals surface area (Å²) in [5.41, 5.74) is 1.76. The van der Waals surface area contributed by atoms with Crippen LogP contribution in [0.3, 0.4) is 0 Å². The first-order chi connectivity index (χ1) is 8.27. The van der Waals surface area contributed by atoms with Crippen molar-refractivity contribution >= 4 is 22.6 Å². The lowest BCUT2D eigenvalue weighted by atomic mass is 10.1. The zero-order valence-electron chi connectivity index (χ0n) is 9.30. The van der Waals surface area contributed by atoms with Gasteiger partial charge in [-0.3, -0.25) is 0 Å². The van der Waals surface area contributed by atoms with Gasteiger partial charge in [0.25, 0.3) is 0 Å². The smallest absolute Gasteiger partial charge is 0.326 e. The third-order valence-electron chi connectivity index (χ3n) is 3.32. The summed E-state index contributed by atoms with van der Waals surface area (Å²) in [5, 5.41) is 10.2. The van der Waals surface area contributed by atoms with E-state index in [9.17, 15) is 9.90 Å². The molecule has 0 spiro atoms. The van der Waals surface area contributed by atoms with E-state index in [1.54, 1.807) is 6.26 Å². The topological polar surface area (TPSA) is 53.7 Å². The predicted octanol–water partition coefficient (Wildman–Crippen LogP) is 2.49. The van der Waals surface area contributed by atoms with Gasteiger partial charge in [-0.25, -0.2) is 4.79 Å². The second-order valence-electron chi connectivity index (χ2n) is 4.30. The molecule has 1 aromatic heterocycles. The SMILES string of the molecule is O=C(O)C1CCCN1c1cccc2occc12. The molecule has 1 aliphatic rings.